The smallest absolute Gasteiger partial charge is 0.327 e. The van der Waals surface area contributed by atoms with Crippen LogP contribution in [0.5, 0.6) is 0 Å². The van der Waals surface area contributed by atoms with Gasteiger partial charge in [0.1, 0.15) is 6.04 Å². The van der Waals surface area contributed by atoms with E-state index in [0.717, 1.165) is 0 Å². The lowest BCUT2D eigenvalue weighted by Gasteiger charge is -2.33. The van der Waals surface area contributed by atoms with Gasteiger partial charge in [-0.15, -0.1) is 11.6 Å². The fourth-order valence-corrected chi connectivity index (χ4v) is 1.40. The van der Waals surface area contributed by atoms with Gasteiger partial charge in [-0.05, 0) is 12.8 Å². The van der Waals surface area contributed by atoms with Crippen molar-refractivity contribution < 1.29 is 14.7 Å². The maximum atomic E-state index is 10.8. The van der Waals surface area contributed by atoms with Crippen molar-refractivity contribution in [2.75, 3.05) is 5.88 Å². The Morgan fingerprint density at radius 3 is 2.75 bits per heavy atom. The molecule has 1 saturated heterocycles. The molecule has 1 rings (SSSR count). The van der Waals surface area contributed by atoms with Crippen molar-refractivity contribution in [3.8, 4) is 0 Å². The van der Waals surface area contributed by atoms with Gasteiger partial charge < -0.3 is 10.4 Å². The van der Waals surface area contributed by atoms with E-state index < -0.39 is 12.0 Å². The quantitative estimate of drug-likeness (QED) is 0.493. The fraction of sp³-hybridized carbons (Fsp3) is 0.714. The molecule has 1 aliphatic rings. The zero-order valence-electron chi connectivity index (χ0n) is 6.42. The van der Waals surface area contributed by atoms with E-state index in [0.29, 0.717) is 18.7 Å². The summed E-state index contributed by atoms with van der Waals surface area (Å²) in [5.74, 6) is -1.04. The van der Waals surface area contributed by atoms with Gasteiger partial charge in [-0.1, -0.05) is 0 Å². The molecule has 4 nitrogen and oxygen atoms in total. The number of rotatable bonds is 4. The first-order chi connectivity index (χ1) is 5.66. The van der Waals surface area contributed by atoms with Crippen LogP contribution < -0.4 is 5.32 Å². The van der Waals surface area contributed by atoms with E-state index in [9.17, 15) is 9.59 Å². The molecule has 0 saturated carbocycles. The highest BCUT2D eigenvalue weighted by molar-refractivity contribution is 6.17. The summed E-state index contributed by atoms with van der Waals surface area (Å²) in [6.45, 7) is 0. The maximum absolute atomic E-state index is 10.8. The van der Waals surface area contributed by atoms with Crippen LogP contribution in [0.4, 0.5) is 0 Å². The number of hydrogen-bond donors (Lipinski definition) is 2. The molecule has 2 N–H and O–H groups in total. The Kier molecular flexibility index (Phi) is 2.92. The van der Waals surface area contributed by atoms with Gasteiger partial charge in [-0.3, -0.25) is 4.79 Å². The number of halogens is 1. The molecule has 0 aromatic rings. The monoisotopic (exact) mass is 191 g/mol. The van der Waals surface area contributed by atoms with Crippen LogP contribution in [0.25, 0.3) is 0 Å². The van der Waals surface area contributed by atoms with Gasteiger partial charge in [0.05, 0.1) is 5.92 Å². The molecule has 0 aromatic carbocycles. The normalized spacial score (nSPS) is 27.6. The lowest BCUT2D eigenvalue weighted by atomic mass is 9.87. The summed E-state index contributed by atoms with van der Waals surface area (Å²) >= 11 is 5.42. The van der Waals surface area contributed by atoms with Crippen molar-refractivity contribution in [3.05, 3.63) is 0 Å². The fourth-order valence-electron chi connectivity index (χ4n) is 1.24. The second-order valence-corrected chi connectivity index (χ2v) is 3.14. The summed E-state index contributed by atoms with van der Waals surface area (Å²) in [7, 11) is 0. The molecule has 12 heavy (non-hydrogen) atoms. The molecule has 1 aliphatic heterocycles. The van der Waals surface area contributed by atoms with E-state index in [4.69, 9.17) is 16.7 Å². The second kappa shape index (κ2) is 3.76. The third-order valence-electron chi connectivity index (χ3n) is 1.95. The van der Waals surface area contributed by atoms with Gasteiger partial charge in [0.15, 0.2) is 0 Å². The summed E-state index contributed by atoms with van der Waals surface area (Å²) in [6, 6.07) is -0.694. The lowest BCUT2D eigenvalue weighted by molar-refractivity contribution is -0.153. The Bertz CT molecular complexity index is 207. The highest BCUT2D eigenvalue weighted by Gasteiger charge is 2.43. The predicted molar refractivity (Wildman–Crippen MR) is 43.0 cm³/mol. The molecule has 0 bridgehead atoms. The van der Waals surface area contributed by atoms with Gasteiger partial charge in [0, 0.05) is 5.88 Å². The van der Waals surface area contributed by atoms with Crippen LogP contribution in [0.1, 0.15) is 12.8 Å². The zero-order chi connectivity index (χ0) is 9.14. The van der Waals surface area contributed by atoms with Crippen molar-refractivity contribution in [1.29, 1.82) is 0 Å². The largest absolute Gasteiger partial charge is 0.480 e. The topological polar surface area (TPSA) is 66.4 Å². The van der Waals surface area contributed by atoms with E-state index in [-0.39, 0.29) is 11.8 Å². The highest BCUT2D eigenvalue weighted by Crippen LogP contribution is 2.20. The minimum atomic E-state index is -0.964. The Balaban J connectivity index is 2.39. The van der Waals surface area contributed by atoms with Crippen molar-refractivity contribution in [1.82, 2.24) is 5.32 Å². The number of amides is 1. The van der Waals surface area contributed by atoms with E-state index in [2.05, 4.69) is 5.32 Å². The number of aliphatic carboxylic acids is 1. The highest BCUT2D eigenvalue weighted by atomic mass is 35.5. The van der Waals surface area contributed by atoms with E-state index in [1.807, 2.05) is 0 Å². The number of carboxylic acids is 1. The molecular formula is C7H10ClNO3. The minimum absolute atomic E-state index is 0.174. The summed E-state index contributed by atoms with van der Waals surface area (Å²) < 4.78 is 0. The Morgan fingerprint density at radius 2 is 2.33 bits per heavy atom. The van der Waals surface area contributed by atoms with Crippen LogP contribution in [-0.4, -0.2) is 28.9 Å². The summed E-state index contributed by atoms with van der Waals surface area (Å²) in [4.78, 5) is 21.3. The van der Waals surface area contributed by atoms with Crippen LogP contribution in [0.15, 0.2) is 0 Å². The maximum Gasteiger partial charge on any atom is 0.327 e. The third-order valence-corrected chi connectivity index (χ3v) is 2.22. The molecule has 0 spiro atoms. The average Bonchev–Trinajstić information content (AvgIpc) is 2.00. The Hall–Kier alpha value is -0.770. The molecule has 2 unspecified atom stereocenters. The first-order valence-corrected chi connectivity index (χ1v) is 4.29. The first kappa shape index (κ1) is 9.32. The molecule has 0 radical (unpaired) electrons. The SMILES string of the molecule is O=C1NC(C(=O)O)C1CCCCl. The molecule has 68 valence electrons. The van der Waals surface area contributed by atoms with Crippen molar-refractivity contribution >= 4 is 23.5 Å². The number of carbonyl (C=O) groups excluding carboxylic acids is 1. The minimum Gasteiger partial charge on any atom is -0.480 e. The number of alkyl halides is 1. The van der Waals surface area contributed by atoms with Crippen LogP contribution in [0.2, 0.25) is 0 Å². The summed E-state index contributed by atoms with van der Waals surface area (Å²) in [5, 5.41) is 10.9. The van der Waals surface area contributed by atoms with Gasteiger partial charge in [-0.25, -0.2) is 4.79 Å². The van der Waals surface area contributed by atoms with Gasteiger partial charge in [0.25, 0.3) is 0 Å². The Morgan fingerprint density at radius 1 is 1.67 bits per heavy atom. The number of hydrogen-bond acceptors (Lipinski definition) is 2. The van der Waals surface area contributed by atoms with Crippen LogP contribution in [0.3, 0.4) is 0 Å². The second-order valence-electron chi connectivity index (χ2n) is 2.76. The molecule has 0 aromatic heterocycles. The molecule has 2 atom stereocenters. The standard InChI is InChI=1S/C7H10ClNO3/c8-3-1-2-4-5(7(11)12)9-6(4)10/h4-5H,1-3H2,(H,9,10)(H,11,12). The van der Waals surface area contributed by atoms with Gasteiger partial charge in [-0.2, -0.15) is 0 Å². The number of nitrogens with one attached hydrogen (secondary N) is 1. The predicted octanol–water partition coefficient (Wildman–Crippen LogP) is 0.205. The number of carbonyl (C=O) groups is 2. The summed E-state index contributed by atoms with van der Waals surface area (Å²) in [6.07, 6.45) is 1.25. The molecular weight excluding hydrogens is 182 g/mol. The van der Waals surface area contributed by atoms with Crippen molar-refractivity contribution in [2.24, 2.45) is 5.92 Å². The van der Waals surface area contributed by atoms with E-state index >= 15 is 0 Å². The molecule has 1 fully saturated rings. The van der Waals surface area contributed by atoms with Crippen LogP contribution in [0, 0.1) is 5.92 Å². The van der Waals surface area contributed by atoms with Gasteiger partial charge in [0.2, 0.25) is 5.91 Å². The molecule has 5 heteroatoms. The number of β-lactam (4-membered cyclic amide) rings is 1. The van der Waals surface area contributed by atoms with E-state index in [1.165, 1.54) is 0 Å². The van der Waals surface area contributed by atoms with Crippen molar-refractivity contribution in [2.45, 2.75) is 18.9 Å². The molecule has 0 aliphatic carbocycles. The lowest BCUT2D eigenvalue weighted by Crippen LogP contribution is -2.61. The van der Waals surface area contributed by atoms with Crippen molar-refractivity contribution in [3.63, 3.8) is 0 Å². The zero-order valence-corrected chi connectivity index (χ0v) is 7.17. The number of carboxylic acid groups (broad SMARTS) is 1. The van der Waals surface area contributed by atoms with Crippen LogP contribution >= 0.6 is 11.6 Å². The third kappa shape index (κ3) is 1.69. The average molecular weight is 192 g/mol. The summed E-state index contributed by atoms with van der Waals surface area (Å²) in [5.41, 5.74) is 0. The van der Waals surface area contributed by atoms with E-state index in [1.54, 1.807) is 0 Å². The van der Waals surface area contributed by atoms with Crippen LogP contribution in [-0.2, 0) is 9.59 Å². The Labute approximate surface area is 74.9 Å². The molecule has 1 amide bonds. The van der Waals surface area contributed by atoms with Gasteiger partial charge >= 0.3 is 5.97 Å². The first-order valence-electron chi connectivity index (χ1n) is 3.76. The molecule has 1 heterocycles.